The van der Waals surface area contributed by atoms with Crippen molar-refractivity contribution in [2.24, 2.45) is 0 Å². The van der Waals surface area contributed by atoms with Crippen molar-refractivity contribution in [1.82, 2.24) is 10.6 Å². The molecule has 0 unspecified atom stereocenters. The zero-order valence-corrected chi connectivity index (χ0v) is 22.4. The number of carbonyl (C=O) groups excluding carboxylic acids is 2. The van der Waals surface area contributed by atoms with E-state index in [-0.39, 0.29) is 31.1 Å². The second-order valence-corrected chi connectivity index (χ2v) is 9.72. The first-order valence-electron chi connectivity index (χ1n) is 11.5. The Morgan fingerprint density at radius 3 is 2.35 bits per heavy atom. The molecule has 3 N–H and O–H groups in total. The molecule has 37 heavy (non-hydrogen) atoms. The fraction of sp³-hybridized carbons (Fsp3) is 0.207. The van der Waals surface area contributed by atoms with Gasteiger partial charge in [0.05, 0.1) is 18.8 Å². The minimum atomic E-state index is -1.03. The van der Waals surface area contributed by atoms with Crippen LogP contribution in [-0.4, -0.2) is 41.6 Å². The van der Waals surface area contributed by atoms with E-state index in [1.807, 2.05) is 43.3 Å². The summed E-state index contributed by atoms with van der Waals surface area (Å²) in [6.07, 6.45) is 5.91. The molecular formula is C29H27IN2O5. The first kappa shape index (κ1) is 27.9. The molecule has 8 heteroatoms. The molecule has 190 valence electrons. The number of hydrogen-bond donors (Lipinski definition) is 3. The number of hydrogen-bond acceptors (Lipinski definition) is 4. The Labute approximate surface area is 229 Å². The van der Waals surface area contributed by atoms with Gasteiger partial charge in [0.1, 0.15) is 12.1 Å². The summed E-state index contributed by atoms with van der Waals surface area (Å²) >= 11 is 2.16. The largest absolute Gasteiger partial charge is 0.478 e. The van der Waals surface area contributed by atoms with Gasteiger partial charge in [0.25, 0.3) is 5.91 Å². The highest BCUT2D eigenvalue weighted by Crippen LogP contribution is 2.11. The smallest absolute Gasteiger partial charge is 0.335 e. The third-order valence-corrected chi connectivity index (χ3v) is 6.21. The van der Waals surface area contributed by atoms with Gasteiger partial charge in [-0.25, -0.2) is 4.79 Å². The second kappa shape index (κ2) is 13.6. The molecule has 3 aromatic carbocycles. The Hall–Kier alpha value is -3.68. The van der Waals surface area contributed by atoms with Crippen LogP contribution in [-0.2, 0) is 22.6 Å². The molecule has 0 saturated carbocycles. The van der Waals surface area contributed by atoms with E-state index < -0.39 is 24.0 Å². The van der Waals surface area contributed by atoms with Gasteiger partial charge in [-0.3, -0.25) is 9.59 Å². The van der Waals surface area contributed by atoms with Crippen LogP contribution in [0.2, 0.25) is 0 Å². The maximum absolute atomic E-state index is 13.2. The Balaban J connectivity index is 1.66. The lowest BCUT2D eigenvalue weighted by Crippen LogP contribution is -2.51. The predicted molar refractivity (Wildman–Crippen MR) is 149 cm³/mol. The number of nitrogens with one attached hydrogen (secondary N) is 2. The van der Waals surface area contributed by atoms with Crippen LogP contribution in [0, 0.1) is 22.8 Å². The molecule has 2 atom stereocenters. The number of ether oxygens (including phenoxy) is 1. The molecule has 0 aliphatic rings. The lowest BCUT2D eigenvalue weighted by Gasteiger charge is -2.21. The second-order valence-electron chi connectivity index (χ2n) is 8.47. The molecule has 0 heterocycles. The third kappa shape index (κ3) is 8.74. The molecule has 0 saturated heterocycles. The van der Waals surface area contributed by atoms with Crippen molar-refractivity contribution in [3.8, 4) is 12.3 Å². The van der Waals surface area contributed by atoms with E-state index in [9.17, 15) is 14.4 Å². The molecule has 0 fully saturated rings. The van der Waals surface area contributed by atoms with Crippen molar-refractivity contribution in [2.75, 3.05) is 6.61 Å². The van der Waals surface area contributed by atoms with Crippen LogP contribution in [0.25, 0.3) is 0 Å². The number of halogens is 1. The minimum Gasteiger partial charge on any atom is -0.478 e. The predicted octanol–water partition coefficient (Wildman–Crippen LogP) is 3.97. The van der Waals surface area contributed by atoms with Gasteiger partial charge < -0.3 is 20.5 Å². The molecular weight excluding hydrogens is 583 g/mol. The summed E-state index contributed by atoms with van der Waals surface area (Å²) in [5.74, 6) is 0.682. The van der Waals surface area contributed by atoms with Gasteiger partial charge in [-0.2, -0.15) is 0 Å². The summed E-state index contributed by atoms with van der Waals surface area (Å²) in [4.78, 5) is 37.3. The highest BCUT2D eigenvalue weighted by molar-refractivity contribution is 14.1. The van der Waals surface area contributed by atoms with Crippen LogP contribution in [0.1, 0.15) is 37.4 Å². The van der Waals surface area contributed by atoms with E-state index in [0.29, 0.717) is 11.1 Å². The van der Waals surface area contributed by atoms with Crippen molar-refractivity contribution >= 4 is 40.4 Å². The third-order valence-electron chi connectivity index (χ3n) is 5.50. The average molecular weight is 610 g/mol. The maximum Gasteiger partial charge on any atom is 0.335 e. The van der Waals surface area contributed by atoms with Crippen molar-refractivity contribution in [3.63, 3.8) is 0 Å². The minimum absolute atomic E-state index is 0.0156. The van der Waals surface area contributed by atoms with Crippen molar-refractivity contribution in [2.45, 2.75) is 32.0 Å². The quantitative estimate of drug-likeness (QED) is 0.225. The topological polar surface area (TPSA) is 105 Å². The Bertz CT molecular complexity index is 1300. The molecule has 3 aromatic rings. The van der Waals surface area contributed by atoms with Crippen LogP contribution in [0.5, 0.6) is 0 Å². The average Bonchev–Trinajstić information content (AvgIpc) is 2.88. The van der Waals surface area contributed by atoms with E-state index >= 15 is 0 Å². The van der Waals surface area contributed by atoms with Crippen molar-refractivity contribution in [1.29, 1.82) is 0 Å². The molecule has 0 spiro atoms. The van der Waals surface area contributed by atoms with E-state index in [4.69, 9.17) is 16.3 Å². The van der Waals surface area contributed by atoms with Gasteiger partial charge in [-0.05, 0) is 77.0 Å². The van der Waals surface area contributed by atoms with E-state index in [2.05, 4.69) is 39.1 Å². The van der Waals surface area contributed by atoms with E-state index in [1.54, 1.807) is 24.3 Å². The summed E-state index contributed by atoms with van der Waals surface area (Å²) in [6, 6.07) is 19.6. The summed E-state index contributed by atoms with van der Waals surface area (Å²) < 4.78 is 6.64. The van der Waals surface area contributed by atoms with Gasteiger partial charge >= 0.3 is 5.97 Å². The number of carbonyl (C=O) groups is 3. The molecule has 0 aromatic heterocycles. The zero-order valence-electron chi connectivity index (χ0n) is 20.2. The Morgan fingerprint density at radius 1 is 0.973 bits per heavy atom. The van der Waals surface area contributed by atoms with Crippen LogP contribution in [0.4, 0.5) is 0 Å². The standard InChI is InChI=1S/C29H27IN2O5/c1-3-25(18-37-17-21-8-5-9-23(15-21)29(35)36)31-28(34)26(16-20-7-4-6-19(2)14-20)32-27(33)22-10-12-24(30)13-11-22/h1,4-15,25-26H,16-18H2,2H3,(H,31,34)(H,32,33)(H,35,36)/t25-,26+/m1/s1. The number of terminal acetylenes is 1. The van der Waals surface area contributed by atoms with E-state index in [1.165, 1.54) is 12.1 Å². The van der Waals surface area contributed by atoms with Gasteiger partial charge in [0.15, 0.2) is 0 Å². The van der Waals surface area contributed by atoms with Crippen LogP contribution in [0.3, 0.4) is 0 Å². The van der Waals surface area contributed by atoms with Gasteiger partial charge in [0, 0.05) is 15.6 Å². The summed E-state index contributed by atoms with van der Waals surface area (Å²) in [6.45, 7) is 2.10. The number of carboxylic acid groups (broad SMARTS) is 1. The molecule has 3 rings (SSSR count). The summed E-state index contributed by atoms with van der Waals surface area (Å²) in [7, 11) is 0. The number of rotatable bonds is 11. The lowest BCUT2D eigenvalue weighted by atomic mass is 10.0. The fourth-order valence-corrected chi connectivity index (χ4v) is 3.98. The number of carboxylic acids is 1. The molecule has 0 aliphatic carbocycles. The maximum atomic E-state index is 13.2. The fourth-order valence-electron chi connectivity index (χ4n) is 3.62. The van der Waals surface area contributed by atoms with Crippen LogP contribution < -0.4 is 10.6 Å². The number of aromatic carboxylic acids is 1. The Kier molecular flexibility index (Phi) is 10.2. The first-order chi connectivity index (χ1) is 17.7. The van der Waals surface area contributed by atoms with Gasteiger partial charge in [0.2, 0.25) is 5.91 Å². The zero-order chi connectivity index (χ0) is 26.8. The highest BCUT2D eigenvalue weighted by Gasteiger charge is 2.24. The highest BCUT2D eigenvalue weighted by atomic mass is 127. The molecule has 0 aliphatic heterocycles. The monoisotopic (exact) mass is 610 g/mol. The number of benzene rings is 3. The SMILES string of the molecule is C#C[C@H](COCc1cccc(C(=O)O)c1)NC(=O)[C@H](Cc1cccc(C)c1)NC(=O)c1ccc(I)cc1. The normalized spacial score (nSPS) is 12.1. The van der Waals surface area contributed by atoms with Crippen LogP contribution in [0.15, 0.2) is 72.8 Å². The number of aryl methyl sites for hydroxylation is 1. The lowest BCUT2D eigenvalue weighted by molar-refractivity contribution is -0.123. The van der Waals surface area contributed by atoms with Crippen LogP contribution >= 0.6 is 22.6 Å². The molecule has 0 bridgehead atoms. The molecule has 2 amide bonds. The molecule has 7 nitrogen and oxygen atoms in total. The summed E-state index contributed by atoms with van der Waals surface area (Å²) in [5, 5.41) is 14.7. The molecule has 0 radical (unpaired) electrons. The van der Waals surface area contributed by atoms with Crippen molar-refractivity contribution < 1.29 is 24.2 Å². The van der Waals surface area contributed by atoms with Gasteiger partial charge in [-0.15, -0.1) is 6.42 Å². The first-order valence-corrected chi connectivity index (χ1v) is 12.6. The number of amides is 2. The van der Waals surface area contributed by atoms with E-state index in [0.717, 1.165) is 14.7 Å². The Morgan fingerprint density at radius 2 is 1.68 bits per heavy atom. The van der Waals surface area contributed by atoms with Gasteiger partial charge in [-0.1, -0.05) is 47.9 Å². The summed E-state index contributed by atoms with van der Waals surface area (Å²) in [5.41, 5.74) is 3.22. The van der Waals surface area contributed by atoms with Crippen molar-refractivity contribution in [3.05, 3.63) is 104 Å².